The Morgan fingerprint density at radius 3 is 1.06 bits per heavy atom. The summed E-state index contributed by atoms with van der Waals surface area (Å²) in [6.45, 7) is 6.42. The molecule has 0 bridgehead atoms. The van der Waals surface area contributed by atoms with E-state index < -0.39 is 0 Å². The Hall–Kier alpha value is -8.59. The maximum Gasteiger partial charge on any atom is 0.234 e. The third kappa shape index (κ3) is 9.08. The lowest BCUT2D eigenvalue weighted by Crippen LogP contribution is -2.32. The van der Waals surface area contributed by atoms with Crippen LogP contribution < -0.4 is 40.9 Å². The summed E-state index contributed by atoms with van der Waals surface area (Å²) in [5.41, 5.74) is 5.65. The first-order valence-electron chi connectivity index (χ1n) is 24.0. The first kappa shape index (κ1) is 42.7. The van der Waals surface area contributed by atoms with Gasteiger partial charge in [0.2, 0.25) is 17.7 Å². The van der Waals surface area contributed by atoms with Crippen molar-refractivity contribution in [3.63, 3.8) is 0 Å². The van der Waals surface area contributed by atoms with Gasteiger partial charge in [0.05, 0.1) is 23.8 Å². The van der Waals surface area contributed by atoms with Crippen molar-refractivity contribution in [2.75, 3.05) is 93.2 Å². The number of ketones is 1. The molecule has 15 nitrogen and oxygen atoms in total. The van der Waals surface area contributed by atoms with Crippen molar-refractivity contribution in [3.8, 4) is 0 Å². The number of fused-ring (bicyclic) bond motifs is 2. The van der Waals surface area contributed by atoms with Gasteiger partial charge >= 0.3 is 0 Å². The molecule has 0 spiro atoms. The average molecular weight is 925 g/mol. The zero-order valence-corrected chi connectivity index (χ0v) is 38.5. The van der Waals surface area contributed by atoms with Crippen LogP contribution in [0.3, 0.4) is 0 Å². The highest BCUT2D eigenvalue weighted by atomic mass is 16.1. The molecule has 0 amide bonds. The quantitative estimate of drug-likeness (QED) is 0.0765. The van der Waals surface area contributed by atoms with E-state index in [1.54, 1.807) is 0 Å². The van der Waals surface area contributed by atoms with E-state index in [9.17, 15) is 0 Å². The smallest absolute Gasteiger partial charge is 0.234 e. The van der Waals surface area contributed by atoms with Crippen molar-refractivity contribution in [1.29, 1.82) is 0 Å². The fourth-order valence-corrected chi connectivity index (χ4v) is 10.5. The second-order valence-electron chi connectivity index (χ2n) is 18.6. The number of anilines is 12. The molecular formula is C55H52N14O. The number of para-hydroxylation sites is 4. The van der Waals surface area contributed by atoms with Crippen molar-refractivity contribution in [1.82, 2.24) is 29.9 Å². The van der Waals surface area contributed by atoms with E-state index in [0.29, 0.717) is 58.3 Å². The van der Waals surface area contributed by atoms with Crippen LogP contribution in [0.15, 0.2) is 170 Å². The van der Waals surface area contributed by atoms with Gasteiger partial charge in [-0.15, -0.1) is 0 Å². The van der Waals surface area contributed by atoms with Crippen LogP contribution in [0, 0.1) is 23.7 Å². The van der Waals surface area contributed by atoms with Gasteiger partial charge in [0.1, 0.15) is 34.7 Å². The van der Waals surface area contributed by atoms with Crippen LogP contribution in [0.2, 0.25) is 0 Å². The Bertz CT molecular complexity index is 2880. The molecule has 4 saturated heterocycles. The molecule has 4 atom stereocenters. The Labute approximate surface area is 406 Å². The topological polar surface area (TPSA) is 155 Å². The Morgan fingerprint density at radius 1 is 0.371 bits per heavy atom. The molecule has 0 aliphatic carbocycles. The van der Waals surface area contributed by atoms with E-state index in [0.717, 1.165) is 98.4 Å². The third-order valence-corrected chi connectivity index (χ3v) is 13.9. The number of hydrogen-bond acceptors (Lipinski definition) is 15. The van der Waals surface area contributed by atoms with Crippen LogP contribution in [-0.2, 0) is 0 Å². The number of carbonyl (C=O) groups excluding carboxylic acids is 1. The summed E-state index contributed by atoms with van der Waals surface area (Å²) in [5, 5.41) is 13.6. The summed E-state index contributed by atoms with van der Waals surface area (Å²) in [7, 11) is 0. The maximum absolute atomic E-state index is 15.6. The van der Waals surface area contributed by atoms with E-state index in [2.05, 4.69) is 65.1 Å². The molecular weight excluding hydrogens is 873 g/mol. The number of carbonyl (C=O) groups is 1. The van der Waals surface area contributed by atoms with Crippen molar-refractivity contribution >= 4 is 75.1 Å². The van der Waals surface area contributed by atoms with Gasteiger partial charge in [-0.1, -0.05) is 84.9 Å². The lowest BCUT2D eigenvalue weighted by atomic mass is 10.0. The monoisotopic (exact) mass is 924 g/mol. The molecule has 8 aromatic rings. The molecule has 70 heavy (non-hydrogen) atoms. The fraction of sp³-hybridized carbons (Fsp3) is 0.218. The van der Waals surface area contributed by atoms with Gasteiger partial charge in [-0.2, -0.15) is 0 Å². The van der Waals surface area contributed by atoms with Crippen molar-refractivity contribution in [3.05, 3.63) is 182 Å². The predicted octanol–water partition coefficient (Wildman–Crippen LogP) is 9.41. The second kappa shape index (κ2) is 18.8. The fourth-order valence-electron chi connectivity index (χ4n) is 10.5. The molecule has 4 aromatic heterocycles. The summed E-state index contributed by atoms with van der Waals surface area (Å²) in [6, 6.07) is 52.1. The van der Waals surface area contributed by atoms with Crippen LogP contribution in [0.4, 0.5) is 69.3 Å². The average Bonchev–Trinajstić information content (AvgIpc) is 4.19. The van der Waals surface area contributed by atoms with Gasteiger partial charge in [0.25, 0.3) is 0 Å². The molecule has 4 fully saturated rings. The van der Waals surface area contributed by atoms with Crippen molar-refractivity contribution in [2.45, 2.75) is 0 Å². The summed E-state index contributed by atoms with van der Waals surface area (Å²) < 4.78 is 0. The molecule has 348 valence electrons. The van der Waals surface area contributed by atoms with E-state index >= 15 is 4.79 Å². The van der Waals surface area contributed by atoms with Gasteiger partial charge < -0.3 is 40.9 Å². The Morgan fingerprint density at radius 2 is 0.700 bits per heavy atom. The molecule has 15 heteroatoms. The highest BCUT2D eigenvalue weighted by Gasteiger charge is 2.44. The van der Waals surface area contributed by atoms with E-state index in [1.807, 2.05) is 146 Å². The minimum Gasteiger partial charge on any atom is -0.368 e. The number of hydrogen-bond donors (Lipinski definition) is 4. The summed E-state index contributed by atoms with van der Waals surface area (Å²) >= 11 is 0. The Balaban J connectivity index is 0.819. The first-order valence-corrected chi connectivity index (χ1v) is 24.0. The number of nitrogens with one attached hydrogen (secondary N) is 4. The van der Waals surface area contributed by atoms with Gasteiger partial charge in [0, 0.05) is 98.8 Å². The largest absolute Gasteiger partial charge is 0.368 e. The van der Waals surface area contributed by atoms with Gasteiger partial charge in [-0.25, -0.2) is 29.9 Å². The highest BCUT2D eigenvalue weighted by molar-refractivity contribution is 6.13. The molecule has 0 saturated carbocycles. The van der Waals surface area contributed by atoms with Crippen molar-refractivity contribution < 1.29 is 4.79 Å². The maximum atomic E-state index is 15.6. The molecule has 4 unspecified atom stereocenters. The van der Waals surface area contributed by atoms with Crippen LogP contribution in [-0.4, -0.2) is 88.0 Å². The predicted molar refractivity (Wildman–Crippen MR) is 278 cm³/mol. The molecule has 4 N–H and O–H groups in total. The molecule has 0 radical (unpaired) electrons. The van der Waals surface area contributed by atoms with Gasteiger partial charge in [-0.05, 0) is 72.8 Å². The number of benzene rings is 4. The normalized spacial score (nSPS) is 19.2. The molecule has 12 rings (SSSR count). The van der Waals surface area contributed by atoms with Crippen molar-refractivity contribution in [2.24, 2.45) is 23.7 Å². The standard InChI is InChI=1S/C55H52N14O/c70-53(51-45(27-56-54(64-51)60-43-19-9-3-10-20-43)66-29-37-33-68(34-38(37)30-66)49-25-13-23-47(62-49)58-41-15-5-1-6-16-41)52-46(28-57-55(65-52)61-44-21-11-4-12-22-44)67-31-39-35-69(36-40(39)32-67)50-26-14-24-48(63-50)59-42-17-7-2-8-18-42/h1-28,37-40H,29-36H2,(H,58,62)(H,59,63)(H,56,60,64)(H,57,61,65). The minimum absolute atomic E-state index is 0.279. The molecule has 4 aromatic carbocycles. The number of nitrogens with zero attached hydrogens (tertiary/aromatic N) is 10. The molecule has 4 aliphatic rings. The van der Waals surface area contributed by atoms with Crippen LogP contribution in [0.1, 0.15) is 16.2 Å². The van der Waals surface area contributed by atoms with Crippen LogP contribution in [0.5, 0.6) is 0 Å². The second-order valence-corrected chi connectivity index (χ2v) is 18.6. The number of aromatic nitrogens is 6. The van der Waals surface area contributed by atoms with Gasteiger partial charge in [-0.3, -0.25) is 4.79 Å². The van der Waals surface area contributed by atoms with E-state index in [-0.39, 0.29) is 5.78 Å². The van der Waals surface area contributed by atoms with E-state index in [4.69, 9.17) is 29.9 Å². The zero-order valence-electron chi connectivity index (χ0n) is 38.5. The van der Waals surface area contributed by atoms with Gasteiger partial charge in [0.15, 0.2) is 0 Å². The lowest BCUT2D eigenvalue weighted by molar-refractivity contribution is 0.103. The summed E-state index contributed by atoms with van der Waals surface area (Å²) in [4.78, 5) is 54.6. The van der Waals surface area contributed by atoms with Crippen LogP contribution >= 0.6 is 0 Å². The SMILES string of the molecule is O=C(c1nc(Nc2ccccc2)ncc1N1CC2CN(c3cccc(Nc4ccccc4)n3)CC2C1)c1nc(Nc2ccccc2)ncc1N1CC2CN(c3cccc(Nc4ccccc4)n3)CC2C1. The zero-order chi connectivity index (χ0) is 46.8. The molecule has 4 aliphatic heterocycles. The van der Waals surface area contributed by atoms with E-state index in [1.165, 1.54) is 0 Å². The third-order valence-electron chi connectivity index (χ3n) is 13.9. The summed E-state index contributed by atoms with van der Waals surface area (Å²) in [5.74, 6) is 5.35. The molecule has 8 heterocycles. The van der Waals surface area contributed by atoms with Crippen LogP contribution in [0.25, 0.3) is 0 Å². The number of pyridine rings is 2. The summed E-state index contributed by atoms with van der Waals surface area (Å²) in [6.07, 6.45) is 3.61. The minimum atomic E-state index is -0.279. The Kier molecular flexibility index (Phi) is 11.5. The lowest BCUT2D eigenvalue weighted by Gasteiger charge is -2.26. The number of rotatable bonds is 14. The first-order chi connectivity index (χ1) is 34.5. The highest BCUT2D eigenvalue weighted by Crippen LogP contribution is 2.40.